The first-order valence-electron chi connectivity index (χ1n) is 10.1. The van der Waals surface area contributed by atoms with Crippen LogP contribution in [0.1, 0.15) is 33.3 Å². The minimum Gasteiger partial charge on any atom is -0.497 e. The van der Waals surface area contributed by atoms with E-state index in [1.165, 1.54) is 38.5 Å². The normalized spacial score (nSPS) is 36.3. The highest BCUT2D eigenvalue weighted by atomic mass is 16.5. The van der Waals surface area contributed by atoms with Crippen molar-refractivity contribution in [3.8, 4) is 5.75 Å². The molecule has 2 fully saturated rings. The number of carbonyl (C=O) groups is 1. The van der Waals surface area contributed by atoms with Gasteiger partial charge in [0.25, 0.3) is 0 Å². The Bertz CT molecular complexity index is 1010. The van der Waals surface area contributed by atoms with Crippen molar-refractivity contribution < 1.29 is 44.9 Å². The Morgan fingerprint density at radius 2 is 1.56 bits per heavy atom. The molecule has 2 aliphatic carbocycles. The quantitative estimate of drug-likeness (QED) is 0.315. The van der Waals surface area contributed by atoms with E-state index in [9.17, 15) is 35.4 Å². The van der Waals surface area contributed by atoms with Crippen molar-refractivity contribution in [3.05, 3.63) is 65.2 Å². The third-order valence-electron chi connectivity index (χ3n) is 7.14. The molecule has 2 saturated carbocycles. The molecule has 9 heteroatoms. The minimum absolute atomic E-state index is 0.217. The second-order valence-corrected chi connectivity index (χ2v) is 8.36. The number of benzene rings is 2. The van der Waals surface area contributed by atoms with Gasteiger partial charge in [-0.1, -0.05) is 24.3 Å². The largest absolute Gasteiger partial charge is 0.497 e. The van der Waals surface area contributed by atoms with Crippen LogP contribution in [0.25, 0.3) is 0 Å². The number of ether oxygens (including phenoxy) is 2. The molecule has 7 atom stereocenters. The van der Waals surface area contributed by atoms with E-state index in [0.29, 0.717) is 11.3 Å². The molecular weight excluding hydrogens is 420 g/mol. The van der Waals surface area contributed by atoms with Gasteiger partial charge in [0.15, 0.2) is 0 Å². The molecule has 9 nitrogen and oxygen atoms in total. The number of rotatable bonds is 6. The van der Waals surface area contributed by atoms with Crippen molar-refractivity contribution in [2.75, 3.05) is 20.8 Å². The van der Waals surface area contributed by atoms with Gasteiger partial charge in [0, 0.05) is 5.92 Å². The van der Waals surface area contributed by atoms with Gasteiger partial charge in [0.05, 0.1) is 38.4 Å². The van der Waals surface area contributed by atoms with Crippen molar-refractivity contribution in [1.29, 1.82) is 0 Å². The Morgan fingerprint density at radius 3 is 2.06 bits per heavy atom. The second-order valence-electron chi connectivity index (χ2n) is 8.36. The summed E-state index contributed by atoms with van der Waals surface area (Å²) >= 11 is 0. The number of aliphatic hydroxyl groups excluding tert-OH is 3. The number of hydrogen-bond donors (Lipinski definition) is 6. The number of hydrogen-bond acceptors (Lipinski definition) is 9. The van der Waals surface area contributed by atoms with E-state index >= 15 is 0 Å². The third-order valence-corrected chi connectivity index (χ3v) is 7.14. The highest BCUT2D eigenvalue weighted by molar-refractivity contribution is 5.89. The lowest BCUT2D eigenvalue weighted by molar-refractivity contribution is -0.459. The summed E-state index contributed by atoms with van der Waals surface area (Å²) in [5, 5.41) is 65.5. The fourth-order valence-electron chi connectivity index (χ4n) is 5.56. The molecule has 4 rings (SSSR count). The summed E-state index contributed by atoms with van der Waals surface area (Å²) in [6.07, 6.45) is -3.32. The lowest BCUT2D eigenvalue weighted by Gasteiger charge is -2.80. The zero-order chi connectivity index (χ0) is 23.5. The van der Waals surface area contributed by atoms with Gasteiger partial charge in [-0.3, -0.25) is 0 Å². The van der Waals surface area contributed by atoms with Crippen molar-refractivity contribution in [3.63, 3.8) is 0 Å². The molecule has 2 aromatic carbocycles. The van der Waals surface area contributed by atoms with Crippen LogP contribution in [-0.4, -0.2) is 86.4 Å². The summed E-state index contributed by atoms with van der Waals surface area (Å²) < 4.78 is 9.77. The van der Waals surface area contributed by atoms with Gasteiger partial charge in [0.1, 0.15) is 28.7 Å². The number of fused-ring (bicyclic) bond motifs is 1. The first-order valence-corrected chi connectivity index (χ1v) is 10.1. The van der Waals surface area contributed by atoms with Crippen LogP contribution in [-0.2, 0) is 4.74 Å². The molecule has 2 aliphatic rings. The molecule has 0 radical (unpaired) electrons. The van der Waals surface area contributed by atoms with E-state index < -0.39 is 53.4 Å². The Kier molecular flexibility index (Phi) is 5.32. The van der Waals surface area contributed by atoms with Gasteiger partial charge in [0.2, 0.25) is 0 Å². The maximum atomic E-state index is 11.7. The second kappa shape index (κ2) is 7.51. The van der Waals surface area contributed by atoms with Crippen molar-refractivity contribution in [2.45, 2.75) is 40.8 Å². The average Bonchev–Trinajstić information content (AvgIpc) is 2.83. The molecule has 32 heavy (non-hydrogen) atoms. The van der Waals surface area contributed by atoms with E-state index in [2.05, 4.69) is 4.74 Å². The van der Waals surface area contributed by atoms with Crippen molar-refractivity contribution in [1.82, 2.24) is 0 Å². The van der Waals surface area contributed by atoms with Crippen LogP contribution in [0.4, 0.5) is 0 Å². The molecule has 0 heterocycles. The fourth-order valence-corrected chi connectivity index (χ4v) is 5.56. The van der Waals surface area contributed by atoms with Crippen LogP contribution in [0.2, 0.25) is 0 Å². The molecule has 6 N–H and O–H groups in total. The predicted octanol–water partition coefficient (Wildman–Crippen LogP) is -0.716. The van der Waals surface area contributed by atoms with Crippen LogP contribution in [0, 0.1) is 0 Å². The predicted molar refractivity (Wildman–Crippen MR) is 110 cm³/mol. The van der Waals surface area contributed by atoms with Crippen LogP contribution in [0.5, 0.6) is 5.75 Å². The highest BCUT2D eigenvalue weighted by Gasteiger charge is 2.93. The van der Waals surface area contributed by atoms with Crippen molar-refractivity contribution in [2.24, 2.45) is 0 Å². The number of aliphatic hydroxyl groups is 6. The Labute approximate surface area is 184 Å². The lowest BCUT2D eigenvalue weighted by Crippen LogP contribution is -2.99. The Morgan fingerprint density at radius 1 is 1.00 bits per heavy atom. The standard InChI is InChI=1S/C23H26O9/c1-31-15-9-7-12(8-10-15)17-19(26)22(29)18(21(28,16(25)11-24)23(17,22)30)13-3-5-14(6-4-13)20(27)32-2/h3-10,16-19,24-26,28-30H,11H2,1-2H3/t16-,17?,18?,19?,21+,22+,23+/m1/s1. The van der Waals surface area contributed by atoms with E-state index in [-0.39, 0.29) is 11.1 Å². The van der Waals surface area contributed by atoms with Crippen LogP contribution >= 0.6 is 0 Å². The summed E-state index contributed by atoms with van der Waals surface area (Å²) in [6, 6.07) is 12.0. The number of esters is 1. The molecule has 3 unspecified atom stereocenters. The Balaban J connectivity index is 1.78. The van der Waals surface area contributed by atoms with Gasteiger partial charge in [-0.25, -0.2) is 4.79 Å². The average molecular weight is 446 g/mol. The molecule has 0 spiro atoms. The smallest absolute Gasteiger partial charge is 0.337 e. The van der Waals surface area contributed by atoms with E-state index in [1.54, 1.807) is 24.3 Å². The lowest BCUT2D eigenvalue weighted by atomic mass is 9.30. The summed E-state index contributed by atoms with van der Waals surface area (Å²) in [6.45, 7) is -0.892. The molecular formula is C23H26O9. The van der Waals surface area contributed by atoms with E-state index in [1.807, 2.05) is 0 Å². The van der Waals surface area contributed by atoms with Crippen LogP contribution in [0.3, 0.4) is 0 Å². The van der Waals surface area contributed by atoms with E-state index in [0.717, 1.165) is 0 Å². The molecule has 2 aromatic rings. The molecule has 0 aromatic heterocycles. The first kappa shape index (κ1) is 22.7. The van der Waals surface area contributed by atoms with Gasteiger partial charge in [-0.2, -0.15) is 0 Å². The highest BCUT2D eigenvalue weighted by Crippen LogP contribution is 2.75. The van der Waals surface area contributed by atoms with Crippen molar-refractivity contribution >= 4 is 5.97 Å². The fraction of sp³-hybridized carbons (Fsp3) is 0.435. The summed E-state index contributed by atoms with van der Waals surface area (Å²) in [4.78, 5) is 11.7. The van der Waals surface area contributed by atoms with Crippen LogP contribution in [0.15, 0.2) is 48.5 Å². The topological polar surface area (TPSA) is 157 Å². The van der Waals surface area contributed by atoms with Gasteiger partial charge < -0.3 is 40.1 Å². The van der Waals surface area contributed by atoms with Gasteiger partial charge >= 0.3 is 5.97 Å². The maximum absolute atomic E-state index is 11.7. The maximum Gasteiger partial charge on any atom is 0.337 e. The zero-order valence-electron chi connectivity index (χ0n) is 17.5. The number of methoxy groups -OCH3 is 2. The van der Waals surface area contributed by atoms with E-state index in [4.69, 9.17) is 4.74 Å². The zero-order valence-corrected chi connectivity index (χ0v) is 17.5. The Hall–Kier alpha value is -2.53. The molecule has 0 amide bonds. The summed E-state index contributed by atoms with van der Waals surface area (Å²) in [5.41, 5.74) is -6.08. The summed E-state index contributed by atoms with van der Waals surface area (Å²) in [5.74, 6) is -2.55. The third kappa shape index (κ3) is 2.52. The molecule has 0 aliphatic heterocycles. The molecule has 0 bridgehead atoms. The van der Waals surface area contributed by atoms with Gasteiger partial charge in [-0.05, 0) is 35.4 Å². The van der Waals surface area contributed by atoms with Crippen LogP contribution < -0.4 is 4.74 Å². The number of carbonyl (C=O) groups excluding carboxylic acids is 1. The summed E-state index contributed by atoms with van der Waals surface area (Å²) in [7, 11) is 2.71. The minimum atomic E-state index is -2.40. The molecule has 172 valence electrons. The monoisotopic (exact) mass is 446 g/mol. The molecule has 0 saturated heterocycles. The van der Waals surface area contributed by atoms with Gasteiger partial charge in [-0.15, -0.1) is 0 Å². The first-order chi connectivity index (χ1) is 15.1. The SMILES string of the molecule is COC(=O)c1ccc(C2[C@]3(O)C(O)C(c4ccc(OC)cc4)[C@]3(O)[C@]2(O)[C@H](O)CO)cc1.